The van der Waals surface area contributed by atoms with E-state index >= 15 is 0 Å². The number of ether oxygens (including phenoxy) is 1. The average molecular weight is 462 g/mol. The molecular formula is C28H23N5O2. The van der Waals surface area contributed by atoms with Crippen LogP contribution in [0.25, 0.3) is 44.6 Å². The van der Waals surface area contributed by atoms with Gasteiger partial charge in [0.25, 0.3) is 5.56 Å². The van der Waals surface area contributed by atoms with Crippen molar-refractivity contribution in [3.8, 4) is 17.1 Å². The van der Waals surface area contributed by atoms with E-state index in [1.54, 1.807) is 10.9 Å². The summed E-state index contributed by atoms with van der Waals surface area (Å²) in [6.45, 7) is 6.54. The average Bonchev–Trinajstić information content (AvgIpc) is 3.19. The Kier molecular flexibility index (Phi) is 4.84. The summed E-state index contributed by atoms with van der Waals surface area (Å²) >= 11 is 0. The molecular weight excluding hydrogens is 438 g/mol. The summed E-state index contributed by atoms with van der Waals surface area (Å²) in [5.74, 6) is 0.777. The molecule has 6 aromatic rings. The maximum absolute atomic E-state index is 13.9. The SMILES string of the molecule is CCOc1ccc(-n2c3nc4ccccc4nc3c3c(=O)n(-c4cc(C)ccc4C)cnc32)cc1. The van der Waals surface area contributed by atoms with Crippen molar-refractivity contribution >= 4 is 33.2 Å². The molecule has 0 aliphatic carbocycles. The molecule has 3 aromatic heterocycles. The number of aromatic nitrogens is 5. The Hall–Kier alpha value is -4.52. The van der Waals surface area contributed by atoms with Gasteiger partial charge in [-0.1, -0.05) is 24.3 Å². The van der Waals surface area contributed by atoms with E-state index in [9.17, 15) is 4.79 Å². The summed E-state index contributed by atoms with van der Waals surface area (Å²) in [6, 6.07) is 21.4. The molecule has 0 spiro atoms. The molecule has 0 N–H and O–H groups in total. The van der Waals surface area contributed by atoms with Crippen LogP contribution in [0.1, 0.15) is 18.1 Å². The first-order valence-corrected chi connectivity index (χ1v) is 11.5. The number of rotatable bonds is 4. The van der Waals surface area contributed by atoms with Crippen molar-refractivity contribution in [1.29, 1.82) is 0 Å². The second kappa shape index (κ2) is 8.06. The Labute approximate surface area is 201 Å². The first kappa shape index (κ1) is 21.0. The topological polar surface area (TPSA) is 74.8 Å². The molecule has 0 aliphatic heterocycles. The predicted octanol–water partition coefficient (Wildman–Crippen LogP) is 5.29. The molecule has 3 aromatic carbocycles. The van der Waals surface area contributed by atoms with E-state index in [2.05, 4.69) is 0 Å². The molecule has 0 radical (unpaired) electrons. The molecule has 7 nitrogen and oxygen atoms in total. The number of fused-ring (bicyclic) bond motifs is 4. The fourth-order valence-electron chi connectivity index (χ4n) is 4.49. The van der Waals surface area contributed by atoms with Crippen molar-refractivity contribution < 1.29 is 4.74 Å². The van der Waals surface area contributed by atoms with Gasteiger partial charge in [-0.25, -0.2) is 15.0 Å². The van der Waals surface area contributed by atoms with E-state index < -0.39 is 0 Å². The molecule has 0 amide bonds. The minimum absolute atomic E-state index is 0.178. The molecule has 172 valence electrons. The van der Waals surface area contributed by atoms with Crippen molar-refractivity contribution in [2.45, 2.75) is 20.8 Å². The fraction of sp³-hybridized carbons (Fsp3) is 0.143. The van der Waals surface area contributed by atoms with E-state index in [0.29, 0.717) is 28.8 Å². The van der Waals surface area contributed by atoms with Crippen LogP contribution in [0.15, 0.2) is 77.9 Å². The Morgan fingerprint density at radius 1 is 0.886 bits per heavy atom. The Balaban J connectivity index is 1.72. The molecule has 7 heteroatoms. The predicted molar refractivity (Wildman–Crippen MR) is 138 cm³/mol. The third kappa shape index (κ3) is 3.35. The Morgan fingerprint density at radius 2 is 1.63 bits per heavy atom. The lowest BCUT2D eigenvalue weighted by atomic mass is 10.1. The second-order valence-corrected chi connectivity index (χ2v) is 8.56. The highest BCUT2D eigenvalue weighted by Gasteiger charge is 2.21. The van der Waals surface area contributed by atoms with E-state index in [1.807, 2.05) is 92.1 Å². The van der Waals surface area contributed by atoms with Crippen LogP contribution < -0.4 is 10.3 Å². The van der Waals surface area contributed by atoms with Crippen molar-refractivity contribution in [1.82, 2.24) is 24.1 Å². The van der Waals surface area contributed by atoms with Crippen LogP contribution in [-0.2, 0) is 0 Å². The van der Waals surface area contributed by atoms with Gasteiger partial charge in [-0.3, -0.25) is 13.9 Å². The first-order chi connectivity index (χ1) is 17.0. The molecule has 6 rings (SSSR count). The summed E-state index contributed by atoms with van der Waals surface area (Å²) in [6.07, 6.45) is 1.59. The number of benzene rings is 3. The van der Waals surface area contributed by atoms with E-state index in [-0.39, 0.29) is 5.56 Å². The summed E-state index contributed by atoms with van der Waals surface area (Å²) in [5.41, 5.74) is 6.64. The lowest BCUT2D eigenvalue weighted by molar-refractivity contribution is 0.340. The quantitative estimate of drug-likeness (QED) is 0.357. The van der Waals surface area contributed by atoms with Gasteiger partial charge in [0.1, 0.15) is 23.0 Å². The van der Waals surface area contributed by atoms with Gasteiger partial charge in [-0.05, 0) is 74.4 Å². The number of hydrogen-bond donors (Lipinski definition) is 0. The van der Waals surface area contributed by atoms with Gasteiger partial charge in [0.2, 0.25) is 0 Å². The first-order valence-electron chi connectivity index (χ1n) is 11.5. The molecule has 0 aliphatic rings. The zero-order valence-electron chi connectivity index (χ0n) is 19.7. The van der Waals surface area contributed by atoms with Crippen molar-refractivity contribution in [3.05, 3.63) is 94.5 Å². The Morgan fingerprint density at radius 3 is 2.37 bits per heavy atom. The van der Waals surface area contributed by atoms with Crippen molar-refractivity contribution in [3.63, 3.8) is 0 Å². The van der Waals surface area contributed by atoms with Crippen LogP contribution in [0.4, 0.5) is 0 Å². The van der Waals surface area contributed by atoms with Gasteiger partial charge in [0, 0.05) is 5.69 Å². The van der Waals surface area contributed by atoms with Crippen LogP contribution in [0.2, 0.25) is 0 Å². The largest absolute Gasteiger partial charge is 0.494 e. The monoisotopic (exact) mass is 461 g/mol. The van der Waals surface area contributed by atoms with Gasteiger partial charge in [-0.2, -0.15) is 0 Å². The molecule has 0 bridgehead atoms. The van der Waals surface area contributed by atoms with Crippen molar-refractivity contribution in [2.24, 2.45) is 0 Å². The van der Waals surface area contributed by atoms with E-state index in [4.69, 9.17) is 19.7 Å². The smallest absolute Gasteiger partial charge is 0.269 e. The van der Waals surface area contributed by atoms with Crippen LogP contribution in [-0.4, -0.2) is 30.7 Å². The highest BCUT2D eigenvalue weighted by molar-refractivity contribution is 6.05. The Bertz CT molecular complexity index is 1800. The molecule has 0 saturated carbocycles. The minimum Gasteiger partial charge on any atom is -0.494 e. The van der Waals surface area contributed by atoms with E-state index in [1.165, 1.54) is 0 Å². The number of nitrogens with zero attached hydrogens (tertiary/aromatic N) is 5. The molecule has 0 unspecified atom stereocenters. The molecule has 0 fully saturated rings. The van der Waals surface area contributed by atoms with E-state index in [0.717, 1.165) is 39.3 Å². The molecule has 0 atom stereocenters. The van der Waals surface area contributed by atoms with Gasteiger partial charge in [0.15, 0.2) is 11.3 Å². The maximum Gasteiger partial charge on any atom is 0.269 e. The van der Waals surface area contributed by atoms with Gasteiger partial charge < -0.3 is 4.74 Å². The van der Waals surface area contributed by atoms with Gasteiger partial charge in [0.05, 0.1) is 23.3 Å². The van der Waals surface area contributed by atoms with Crippen LogP contribution in [0.5, 0.6) is 5.75 Å². The van der Waals surface area contributed by atoms with Gasteiger partial charge in [-0.15, -0.1) is 0 Å². The van der Waals surface area contributed by atoms with Crippen LogP contribution >= 0.6 is 0 Å². The number of hydrogen-bond acceptors (Lipinski definition) is 5. The second-order valence-electron chi connectivity index (χ2n) is 8.56. The number of aryl methyl sites for hydroxylation is 2. The van der Waals surface area contributed by atoms with Crippen LogP contribution in [0, 0.1) is 13.8 Å². The number of para-hydroxylation sites is 2. The third-order valence-corrected chi connectivity index (χ3v) is 6.19. The highest BCUT2D eigenvalue weighted by Crippen LogP contribution is 2.29. The molecule has 35 heavy (non-hydrogen) atoms. The normalized spacial score (nSPS) is 11.5. The minimum atomic E-state index is -0.178. The third-order valence-electron chi connectivity index (χ3n) is 6.19. The van der Waals surface area contributed by atoms with Gasteiger partial charge >= 0.3 is 0 Å². The fourth-order valence-corrected chi connectivity index (χ4v) is 4.49. The molecule has 0 saturated heterocycles. The zero-order chi connectivity index (χ0) is 24.1. The highest BCUT2D eigenvalue weighted by atomic mass is 16.5. The standard InChI is InChI=1S/C28H23N5O2/c1-4-35-20-13-11-19(12-14-20)33-26-24(25-27(33)31-22-8-6-5-7-21(22)30-25)28(34)32(16-29-26)23-15-17(2)9-10-18(23)3/h5-16H,4H2,1-3H3. The maximum atomic E-state index is 13.9. The molecule has 3 heterocycles. The van der Waals surface area contributed by atoms with Crippen molar-refractivity contribution in [2.75, 3.05) is 6.61 Å². The van der Waals surface area contributed by atoms with Crippen LogP contribution in [0.3, 0.4) is 0 Å². The lowest BCUT2D eigenvalue weighted by Gasteiger charge is -2.11. The lowest BCUT2D eigenvalue weighted by Crippen LogP contribution is -2.20. The summed E-state index contributed by atoms with van der Waals surface area (Å²) in [4.78, 5) is 28.5. The summed E-state index contributed by atoms with van der Waals surface area (Å²) < 4.78 is 9.11. The summed E-state index contributed by atoms with van der Waals surface area (Å²) in [7, 11) is 0. The zero-order valence-corrected chi connectivity index (χ0v) is 19.7. The summed E-state index contributed by atoms with van der Waals surface area (Å²) in [5, 5.41) is 0.440.